The third-order valence-corrected chi connectivity index (χ3v) is 6.27. The molecule has 5 aromatic rings. The number of fused-ring (bicyclic) bond motifs is 1. The van der Waals surface area contributed by atoms with Gasteiger partial charge in [-0.1, -0.05) is 5.16 Å². The molecule has 0 spiro atoms. The molecule has 2 N–H and O–H groups in total. The zero-order chi connectivity index (χ0) is 25.0. The molecule has 1 aliphatic rings. The molecule has 1 fully saturated rings. The highest BCUT2D eigenvalue weighted by Gasteiger charge is 2.29. The van der Waals surface area contributed by atoms with Crippen molar-refractivity contribution < 1.29 is 14.4 Å². The number of aromatic hydroxyl groups is 1. The van der Waals surface area contributed by atoms with Crippen LogP contribution in [0, 0.1) is 0 Å². The van der Waals surface area contributed by atoms with Gasteiger partial charge in [-0.2, -0.15) is 4.80 Å². The molecule has 1 aromatic carbocycles. The van der Waals surface area contributed by atoms with Crippen molar-refractivity contribution in [1.29, 1.82) is 0 Å². The van der Waals surface area contributed by atoms with Crippen molar-refractivity contribution in [1.82, 2.24) is 44.5 Å². The summed E-state index contributed by atoms with van der Waals surface area (Å²) in [6.07, 6.45) is 5.42. The lowest BCUT2D eigenvalue weighted by Crippen LogP contribution is -2.27. The highest BCUT2D eigenvalue weighted by molar-refractivity contribution is 6.04. The van der Waals surface area contributed by atoms with E-state index in [9.17, 15) is 14.7 Å². The van der Waals surface area contributed by atoms with Gasteiger partial charge in [0.15, 0.2) is 17.3 Å². The van der Waals surface area contributed by atoms with E-state index in [1.165, 1.54) is 28.9 Å². The number of rotatable bonds is 5. The van der Waals surface area contributed by atoms with Gasteiger partial charge >= 0.3 is 0 Å². The fourth-order valence-electron chi connectivity index (χ4n) is 4.21. The van der Waals surface area contributed by atoms with Gasteiger partial charge in [0, 0.05) is 18.7 Å². The molecule has 1 saturated carbocycles. The number of aryl methyl sites for hydroxylation is 1. The normalized spacial score (nSPS) is 13.7. The molecule has 1 amide bonds. The fraction of sp³-hybridized carbons (Fsp3) is 0.273. The van der Waals surface area contributed by atoms with Gasteiger partial charge in [0.2, 0.25) is 11.6 Å². The second-order valence-electron chi connectivity index (χ2n) is 8.56. The molecular formula is C22H20N10O4. The number of nitrogens with zero attached hydrogens (tertiary/aromatic N) is 9. The zero-order valence-corrected chi connectivity index (χ0v) is 19.3. The highest BCUT2D eigenvalue weighted by atomic mass is 16.5. The Labute approximate surface area is 202 Å². The number of carbonyl (C=O) groups is 1. The fourth-order valence-corrected chi connectivity index (χ4v) is 4.21. The number of hydrogen-bond acceptors (Lipinski definition) is 10. The topological polar surface area (TPSA) is 172 Å². The second-order valence-corrected chi connectivity index (χ2v) is 8.56. The van der Waals surface area contributed by atoms with E-state index < -0.39 is 22.9 Å². The smallest absolute Gasteiger partial charge is 0.296 e. The van der Waals surface area contributed by atoms with Gasteiger partial charge in [0.25, 0.3) is 11.5 Å². The van der Waals surface area contributed by atoms with Crippen LogP contribution in [0.1, 0.15) is 35.8 Å². The third-order valence-electron chi connectivity index (χ3n) is 6.27. The summed E-state index contributed by atoms with van der Waals surface area (Å²) in [7, 11) is 3.17. The van der Waals surface area contributed by atoms with Crippen LogP contribution in [0.4, 0.5) is 5.69 Å². The maximum absolute atomic E-state index is 12.9. The van der Waals surface area contributed by atoms with Crippen molar-refractivity contribution >= 4 is 22.6 Å². The minimum Gasteiger partial charge on any atom is -0.501 e. The number of tetrazole rings is 1. The summed E-state index contributed by atoms with van der Waals surface area (Å²) in [4.78, 5) is 36.3. The molecule has 14 heteroatoms. The van der Waals surface area contributed by atoms with Gasteiger partial charge in [-0.25, -0.2) is 9.97 Å². The van der Waals surface area contributed by atoms with Gasteiger partial charge in [-0.05, 0) is 42.7 Å². The Morgan fingerprint density at radius 2 is 2.03 bits per heavy atom. The molecule has 1 aliphatic carbocycles. The third kappa shape index (κ3) is 3.41. The Morgan fingerprint density at radius 1 is 1.19 bits per heavy atom. The Hall–Kier alpha value is -4.88. The molecular weight excluding hydrogens is 468 g/mol. The van der Waals surface area contributed by atoms with E-state index in [1.807, 2.05) is 22.8 Å². The van der Waals surface area contributed by atoms with Crippen LogP contribution in [0.15, 0.2) is 40.0 Å². The molecule has 0 atom stereocenters. The zero-order valence-electron chi connectivity index (χ0n) is 19.3. The first-order chi connectivity index (χ1) is 17.4. The SMILES string of the molecule is Cn1nnc(-c2ccc3nc(-c4nc(C(=O)Nc5cnoc5)c(O)c(=O)n4C)n(C4CCC4)c3c2)n1. The predicted octanol–water partition coefficient (Wildman–Crippen LogP) is 1.66. The predicted molar refractivity (Wildman–Crippen MR) is 125 cm³/mol. The van der Waals surface area contributed by atoms with E-state index >= 15 is 0 Å². The molecule has 4 aromatic heterocycles. The van der Waals surface area contributed by atoms with Crippen LogP contribution in [-0.4, -0.2) is 55.5 Å². The first-order valence-corrected chi connectivity index (χ1v) is 11.2. The van der Waals surface area contributed by atoms with Crippen molar-refractivity contribution in [2.24, 2.45) is 14.1 Å². The Balaban J connectivity index is 1.53. The highest BCUT2D eigenvalue weighted by Crippen LogP contribution is 2.39. The van der Waals surface area contributed by atoms with E-state index in [-0.39, 0.29) is 17.6 Å². The van der Waals surface area contributed by atoms with E-state index in [2.05, 4.69) is 30.9 Å². The number of imidazole rings is 1. The maximum atomic E-state index is 12.9. The summed E-state index contributed by atoms with van der Waals surface area (Å²) in [5.74, 6) is -0.507. The monoisotopic (exact) mass is 488 g/mol. The minimum atomic E-state index is -0.781. The minimum absolute atomic E-state index is 0.134. The Morgan fingerprint density at radius 3 is 2.69 bits per heavy atom. The van der Waals surface area contributed by atoms with Crippen LogP contribution >= 0.6 is 0 Å². The molecule has 0 aliphatic heterocycles. The van der Waals surface area contributed by atoms with E-state index in [0.717, 1.165) is 30.3 Å². The molecule has 36 heavy (non-hydrogen) atoms. The maximum Gasteiger partial charge on any atom is 0.296 e. The van der Waals surface area contributed by atoms with Crippen molar-refractivity contribution in [3.8, 4) is 28.8 Å². The van der Waals surface area contributed by atoms with Crippen molar-refractivity contribution in [2.75, 3.05) is 5.32 Å². The van der Waals surface area contributed by atoms with Crippen LogP contribution in [0.2, 0.25) is 0 Å². The Kier molecular flexibility index (Phi) is 4.87. The number of aromatic nitrogens is 9. The number of nitrogens with one attached hydrogen (secondary N) is 1. The quantitative estimate of drug-likeness (QED) is 0.370. The summed E-state index contributed by atoms with van der Waals surface area (Å²) >= 11 is 0. The molecule has 0 bridgehead atoms. The second kappa shape index (κ2) is 8.11. The van der Waals surface area contributed by atoms with Crippen molar-refractivity contribution in [3.05, 3.63) is 46.7 Å². The standard InChI is InChI=1S/C22H20N10O4/c1-30-19(26-16(17(33)22(30)35)21(34)24-12-9-23-36-10-12)20-25-14-7-6-11(18-27-29-31(2)28-18)8-15(14)32(20)13-4-3-5-13/h6-10,13,33H,3-5H2,1-2H3,(H,24,34). The molecule has 0 saturated heterocycles. The number of benzene rings is 1. The van der Waals surface area contributed by atoms with E-state index in [4.69, 9.17) is 9.51 Å². The largest absolute Gasteiger partial charge is 0.501 e. The lowest BCUT2D eigenvalue weighted by Gasteiger charge is -2.29. The molecule has 182 valence electrons. The lowest BCUT2D eigenvalue weighted by atomic mass is 9.92. The average molecular weight is 488 g/mol. The van der Waals surface area contributed by atoms with Crippen molar-refractivity contribution in [3.63, 3.8) is 0 Å². The molecule has 14 nitrogen and oxygen atoms in total. The van der Waals surface area contributed by atoms with Crippen LogP contribution in [0.25, 0.3) is 34.1 Å². The molecule has 6 rings (SSSR count). The van der Waals surface area contributed by atoms with Crippen molar-refractivity contribution in [2.45, 2.75) is 25.3 Å². The number of amides is 1. The van der Waals surface area contributed by atoms with Crippen LogP contribution in [0.5, 0.6) is 5.75 Å². The van der Waals surface area contributed by atoms with Gasteiger partial charge < -0.3 is 19.5 Å². The van der Waals surface area contributed by atoms with Crippen LogP contribution in [-0.2, 0) is 14.1 Å². The van der Waals surface area contributed by atoms with E-state index in [0.29, 0.717) is 17.2 Å². The van der Waals surface area contributed by atoms with Gasteiger partial charge in [-0.3, -0.25) is 14.2 Å². The van der Waals surface area contributed by atoms with Crippen LogP contribution < -0.4 is 10.9 Å². The van der Waals surface area contributed by atoms with Gasteiger partial charge in [-0.15, -0.1) is 10.2 Å². The average Bonchev–Trinajstić information content (AvgIpc) is 3.57. The molecule has 0 radical (unpaired) electrons. The summed E-state index contributed by atoms with van der Waals surface area (Å²) in [5.41, 5.74) is 1.33. The van der Waals surface area contributed by atoms with Gasteiger partial charge in [0.1, 0.15) is 12.0 Å². The number of hydrogen-bond donors (Lipinski definition) is 2. The number of anilines is 1. The van der Waals surface area contributed by atoms with E-state index in [1.54, 1.807) is 7.05 Å². The summed E-state index contributed by atoms with van der Waals surface area (Å²) in [5, 5.41) is 28.8. The first kappa shape index (κ1) is 21.6. The molecule has 0 unspecified atom stereocenters. The summed E-state index contributed by atoms with van der Waals surface area (Å²) < 4.78 is 7.93. The van der Waals surface area contributed by atoms with Gasteiger partial charge in [0.05, 0.1) is 24.3 Å². The lowest BCUT2D eigenvalue weighted by molar-refractivity contribution is 0.101. The number of carbonyl (C=O) groups excluding carboxylic acids is 1. The summed E-state index contributed by atoms with van der Waals surface area (Å²) in [6, 6.07) is 5.76. The Bertz CT molecular complexity index is 1680. The summed E-state index contributed by atoms with van der Waals surface area (Å²) in [6.45, 7) is 0. The van der Waals surface area contributed by atoms with Crippen LogP contribution in [0.3, 0.4) is 0 Å². The first-order valence-electron chi connectivity index (χ1n) is 11.2. The molecule has 4 heterocycles.